The third kappa shape index (κ3) is 3.91. The van der Waals surface area contributed by atoms with Gasteiger partial charge in [-0.3, -0.25) is 0 Å². The number of nitrogens with one attached hydrogen (secondary N) is 2. The van der Waals surface area contributed by atoms with Crippen LogP contribution in [0, 0.1) is 0 Å². The van der Waals surface area contributed by atoms with Gasteiger partial charge in [-0.2, -0.15) is 0 Å². The Labute approximate surface area is 144 Å². The van der Waals surface area contributed by atoms with Crippen molar-refractivity contribution in [3.05, 3.63) is 59.2 Å². The molecule has 0 unspecified atom stereocenters. The molecule has 0 heterocycles. The molecule has 0 atom stereocenters. The zero-order valence-electron chi connectivity index (χ0n) is 13.9. The SMILES string of the molecule is CC(C)c1ccc(NC(=S)Nc2cccc3c2CCCC3)cc1. The summed E-state index contributed by atoms with van der Waals surface area (Å²) in [5.74, 6) is 0.546. The third-order valence-electron chi connectivity index (χ3n) is 4.48. The van der Waals surface area contributed by atoms with E-state index in [0.717, 1.165) is 17.8 Å². The Bertz CT molecular complexity index is 689. The number of rotatable bonds is 3. The van der Waals surface area contributed by atoms with Gasteiger partial charge in [-0.1, -0.05) is 38.1 Å². The first kappa shape index (κ1) is 16.0. The summed E-state index contributed by atoms with van der Waals surface area (Å²) in [7, 11) is 0. The van der Waals surface area contributed by atoms with Crippen LogP contribution in [-0.2, 0) is 12.8 Å². The van der Waals surface area contributed by atoms with E-state index in [9.17, 15) is 0 Å². The highest BCUT2D eigenvalue weighted by Crippen LogP contribution is 2.28. The first-order valence-corrected chi connectivity index (χ1v) is 8.83. The van der Waals surface area contributed by atoms with Crippen molar-refractivity contribution in [2.75, 3.05) is 10.6 Å². The number of fused-ring (bicyclic) bond motifs is 1. The van der Waals surface area contributed by atoms with Crippen molar-refractivity contribution in [1.82, 2.24) is 0 Å². The van der Waals surface area contributed by atoms with Gasteiger partial charge in [0.1, 0.15) is 0 Å². The van der Waals surface area contributed by atoms with Crippen LogP contribution in [0.2, 0.25) is 0 Å². The van der Waals surface area contributed by atoms with Crippen LogP contribution in [-0.4, -0.2) is 5.11 Å². The quantitative estimate of drug-likeness (QED) is 0.729. The van der Waals surface area contributed by atoms with E-state index in [1.165, 1.54) is 36.0 Å². The molecule has 0 radical (unpaired) electrons. The third-order valence-corrected chi connectivity index (χ3v) is 4.68. The summed E-state index contributed by atoms with van der Waals surface area (Å²) in [4.78, 5) is 0. The molecule has 3 rings (SSSR count). The summed E-state index contributed by atoms with van der Waals surface area (Å²) in [5, 5.41) is 7.31. The number of anilines is 2. The maximum Gasteiger partial charge on any atom is 0.175 e. The Kier molecular flexibility index (Phi) is 4.97. The summed E-state index contributed by atoms with van der Waals surface area (Å²) in [6.45, 7) is 4.40. The summed E-state index contributed by atoms with van der Waals surface area (Å²) in [6.07, 6.45) is 4.88. The maximum atomic E-state index is 5.49. The second-order valence-electron chi connectivity index (χ2n) is 6.51. The van der Waals surface area contributed by atoms with E-state index in [1.807, 2.05) is 0 Å². The number of aryl methyl sites for hydroxylation is 1. The van der Waals surface area contributed by atoms with Gasteiger partial charge in [0.25, 0.3) is 0 Å². The molecule has 1 aliphatic carbocycles. The normalized spacial score (nSPS) is 13.5. The highest BCUT2D eigenvalue weighted by molar-refractivity contribution is 7.80. The standard InChI is InChI=1S/C20H24N2S/c1-14(2)15-10-12-17(13-11-15)21-20(23)22-19-9-5-7-16-6-3-4-8-18(16)19/h5,7,9-14H,3-4,6,8H2,1-2H3,(H2,21,22,23). The van der Waals surface area contributed by atoms with Crippen LogP contribution >= 0.6 is 12.2 Å². The van der Waals surface area contributed by atoms with Crippen molar-refractivity contribution in [3.63, 3.8) is 0 Å². The summed E-state index contributed by atoms with van der Waals surface area (Å²) in [5.41, 5.74) is 6.41. The zero-order chi connectivity index (χ0) is 16.2. The monoisotopic (exact) mass is 324 g/mol. The van der Waals surface area contributed by atoms with E-state index in [2.05, 4.69) is 66.9 Å². The summed E-state index contributed by atoms with van der Waals surface area (Å²) in [6, 6.07) is 15.0. The van der Waals surface area contributed by atoms with E-state index in [-0.39, 0.29) is 0 Å². The molecule has 0 aliphatic heterocycles. The fourth-order valence-electron chi connectivity index (χ4n) is 3.13. The van der Waals surface area contributed by atoms with Crippen LogP contribution in [0.1, 0.15) is 49.3 Å². The first-order valence-electron chi connectivity index (χ1n) is 8.42. The second kappa shape index (κ2) is 7.14. The summed E-state index contributed by atoms with van der Waals surface area (Å²) < 4.78 is 0. The van der Waals surface area contributed by atoms with Crippen LogP contribution < -0.4 is 10.6 Å². The number of hydrogen-bond donors (Lipinski definition) is 2. The topological polar surface area (TPSA) is 24.1 Å². The number of thiocarbonyl (C=S) groups is 1. The Morgan fingerprint density at radius 1 is 0.957 bits per heavy atom. The average molecular weight is 324 g/mol. The van der Waals surface area contributed by atoms with Gasteiger partial charge >= 0.3 is 0 Å². The van der Waals surface area contributed by atoms with Gasteiger partial charge in [-0.05, 0) is 78.7 Å². The van der Waals surface area contributed by atoms with Crippen LogP contribution in [0.25, 0.3) is 0 Å². The maximum absolute atomic E-state index is 5.49. The van der Waals surface area contributed by atoms with E-state index in [1.54, 1.807) is 0 Å². The largest absolute Gasteiger partial charge is 0.332 e. The average Bonchev–Trinajstić information content (AvgIpc) is 2.55. The molecule has 2 aromatic rings. The molecule has 0 bridgehead atoms. The van der Waals surface area contributed by atoms with Gasteiger partial charge in [0, 0.05) is 11.4 Å². The molecule has 1 aliphatic rings. The fraction of sp³-hybridized carbons (Fsp3) is 0.350. The lowest BCUT2D eigenvalue weighted by molar-refractivity contribution is 0.687. The molecule has 2 nitrogen and oxygen atoms in total. The fourth-order valence-corrected chi connectivity index (χ4v) is 3.36. The van der Waals surface area contributed by atoms with Crippen molar-refractivity contribution < 1.29 is 0 Å². The smallest absolute Gasteiger partial charge is 0.175 e. The Morgan fingerprint density at radius 2 is 1.70 bits per heavy atom. The van der Waals surface area contributed by atoms with Gasteiger partial charge in [0.2, 0.25) is 0 Å². The first-order chi connectivity index (χ1) is 11.1. The lowest BCUT2D eigenvalue weighted by atomic mass is 9.90. The molecular weight excluding hydrogens is 300 g/mol. The molecule has 0 fully saturated rings. The Morgan fingerprint density at radius 3 is 2.43 bits per heavy atom. The summed E-state index contributed by atoms with van der Waals surface area (Å²) >= 11 is 5.49. The highest BCUT2D eigenvalue weighted by atomic mass is 32.1. The van der Waals surface area contributed by atoms with Gasteiger partial charge in [0.05, 0.1) is 0 Å². The molecule has 0 saturated carbocycles. The van der Waals surface area contributed by atoms with Crippen LogP contribution in [0.3, 0.4) is 0 Å². The van der Waals surface area contributed by atoms with Crippen molar-refractivity contribution in [1.29, 1.82) is 0 Å². The second-order valence-corrected chi connectivity index (χ2v) is 6.91. The van der Waals surface area contributed by atoms with Crippen molar-refractivity contribution >= 4 is 28.7 Å². The minimum absolute atomic E-state index is 0.546. The molecular formula is C20H24N2S. The van der Waals surface area contributed by atoms with Crippen LogP contribution in [0.15, 0.2) is 42.5 Å². The van der Waals surface area contributed by atoms with Gasteiger partial charge in [-0.15, -0.1) is 0 Å². The predicted molar refractivity (Wildman–Crippen MR) is 103 cm³/mol. The van der Waals surface area contributed by atoms with Crippen LogP contribution in [0.4, 0.5) is 11.4 Å². The lowest BCUT2D eigenvalue weighted by Crippen LogP contribution is -2.20. The van der Waals surface area contributed by atoms with Gasteiger partial charge < -0.3 is 10.6 Å². The molecule has 3 heteroatoms. The predicted octanol–water partition coefficient (Wildman–Crippen LogP) is 5.50. The molecule has 120 valence electrons. The van der Waals surface area contributed by atoms with E-state index in [4.69, 9.17) is 12.2 Å². The van der Waals surface area contributed by atoms with Crippen LogP contribution in [0.5, 0.6) is 0 Å². The highest BCUT2D eigenvalue weighted by Gasteiger charge is 2.13. The van der Waals surface area contributed by atoms with Gasteiger partial charge in [-0.25, -0.2) is 0 Å². The number of benzene rings is 2. The minimum Gasteiger partial charge on any atom is -0.332 e. The molecule has 23 heavy (non-hydrogen) atoms. The molecule has 0 saturated heterocycles. The zero-order valence-corrected chi connectivity index (χ0v) is 14.7. The van der Waals surface area contributed by atoms with E-state index in [0.29, 0.717) is 11.0 Å². The van der Waals surface area contributed by atoms with Crippen molar-refractivity contribution in [3.8, 4) is 0 Å². The molecule has 2 N–H and O–H groups in total. The van der Waals surface area contributed by atoms with E-state index >= 15 is 0 Å². The molecule has 0 spiro atoms. The van der Waals surface area contributed by atoms with E-state index < -0.39 is 0 Å². The lowest BCUT2D eigenvalue weighted by Gasteiger charge is -2.20. The van der Waals surface area contributed by atoms with Crippen molar-refractivity contribution in [2.45, 2.75) is 45.4 Å². The number of hydrogen-bond acceptors (Lipinski definition) is 1. The van der Waals surface area contributed by atoms with Crippen molar-refractivity contribution in [2.24, 2.45) is 0 Å². The minimum atomic E-state index is 0.546. The Balaban J connectivity index is 1.68. The molecule has 0 amide bonds. The molecule has 2 aromatic carbocycles. The van der Waals surface area contributed by atoms with Gasteiger partial charge in [0.15, 0.2) is 5.11 Å². The Hall–Kier alpha value is -1.87. The molecule has 0 aromatic heterocycles.